The van der Waals surface area contributed by atoms with Crippen molar-refractivity contribution in [2.75, 3.05) is 0 Å². The highest BCUT2D eigenvalue weighted by Gasteiger charge is 2.16. The van der Waals surface area contributed by atoms with E-state index in [1.54, 1.807) is 0 Å². The molecule has 1 unspecified atom stereocenters. The normalized spacial score (nSPS) is 15.0. The first kappa shape index (κ1) is 14.8. The van der Waals surface area contributed by atoms with Gasteiger partial charge < -0.3 is 0 Å². The maximum atomic E-state index is 5.81. The SMILES string of the molecule is Cc1cc(Br)ccc1C(Cc1ccc2c(c1)CCC2)NN. The molecule has 0 bridgehead atoms. The fourth-order valence-corrected chi connectivity index (χ4v) is 3.75. The fraction of sp³-hybridized carbons (Fsp3) is 0.333. The van der Waals surface area contributed by atoms with Gasteiger partial charge in [-0.05, 0) is 72.6 Å². The first-order valence-electron chi connectivity index (χ1n) is 7.50. The largest absolute Gasteiger partial charge is 0.271 e. The summed E-state index contributed by atoms with van der Waals surface area (Å²) in [6, 6.07) is 13.4. The number of benzene rings is 2. The van der Waals surface area contributed by atoms with Crippen molar-refractivity contribution >= 4 is 15.9 Å². The molecule has 1 atom stereocenters. The van der Waals surface area contributed by atoms with Gasteiger partial charge in [-0.3, -0.25) is 11.3 Å². The van der Waals surface area contributed by atoms with Crippen LogP contribution in [-0.4, -0.2) is 0 Å². The Morgan fingerprint density at radius 2 is 1.95 bits per heavy atom. The molecule has 0 saturated carbocycles. The molecule has 1 aliphatic rings. The van der Waals surface area contributed by atoms with E-state index in [1.165, 1.54) is 47.1 Å². The Balaban J connectivity index is 1.84. The van der Waals surface area contributed by atoms with Crippen LogP contribution < -0.4 is 11.3 Å². The Kier molecular flexibility index (Phi) is 4.43. The molecular formula is C18H21BrN2. The van der Waals surface area contributed by atoms with Crippen molar-refractivity contribution in [1.29, 1.82) is 0 Å². The monoisotopic (exact) mass is 344 g/mol. The number of aryl methyl sites for hydroxylation is 3. The van der Waals surface area contributed by atoms with Gasteiger partial charge in [0.15, 0.2) is 0 Å². The van der Waals surface area contributed by atoms with Crippen LogP contribution in [0.15, 0.2) is 40.9 Å². The molecule has 21 heavy (non-hydrogen) atoms. The van der Waals surface area contributed by atoms with Gasteiger partial charge in [-0.15, -0.1) is 0 Å². The Bertz CT molecular complexity index is 652. The van der Waals surface area contributed by atoms with Crippen LogP contribution in [0.5, 0.6) is 0 Å². The van der Waals surface area contributed by atoms with Gasteiger partial charge in [0.05, 0.1) is 6.04 Å². The molecular weight excluding hydrogens is 324 g/mol. The molecule has 0 saturated heterocycles. The molecule has 0 fully saturated rings. The van der Waals surface area contributed by atoms with Crippen LogP contribution in [0.2, 0.25) is 0 Å². The van der Waals surface area contributed by atoms with Crippen molar-refractivity contribution in [1.82, 2.24) is 5.43 Å². The molecule has 1 aliphatic carbocycles. The van der Waals surface area contributed by atoms with E-state index in [9.17, 15) is 0 Å². The summed E-state index contributed by atoms with van der Waals surface area (Å²) in [5, 5.41) is 0. The number of halogens is 1. The standard InChI is InChI=1S/C18H21BrN2/c1-12-9-16(19)7-8-17(12)18(21-20)11-13-5-6-14-3-2-4-15(14)10-13/h5-10,18,21H,2-4,11,20H2,1H3. The lowest BCUT2D eigenvalue weighted by atomic mass is 9.94. The van der Waals surface area contributed by atoms with Gasteiger partial charge >= 0.3 is 0 Å². The Labute approximate surface area is 134 Å². The van der Waals surface area contributed by atoms with Crippen molar-refractivity contribution in [3.8, 4) is 0 Å². The zero-order valence-electron chi connectivity index (χ0n) is 12.3. The lowest BCUT2D eigenvalue weighted by molar-refractivity contribution is 0.549. The lowest BCUT2D eigenvalue weighted by Gasteiger charge is -2.19. The van der Waals surface area contributed by atoms with Crippen LogP contribution in [0, 0.1) is 6.92 Å². The van der Waals surface area contributed by atoms with Crippen molar-refractivity contribution < 1.29 is 0 Å². The Hall–Kier alpha value is -1.16. The van der Waals surface area contributed by atoms with Crippen molar-refractivity contribution in [2.45, 2.75) is 38.6 Å². The Morgan fingerprint density at radius 1 is 1.14 bits per heavy atom. The van der Waals surface area contributed by atoms with Crippen LogP contribution in [0.3, 0.4) is 0 Å². The number of nitrogens with two attached hydrogens (primary N) is 1. The van der Waals surface area contributed by atoms with Crippen LogP contribution in [0.1, 0.15) is 40.3 Å². The van der Waals surface area contributed by atoms with Gasteiger partial charge in [-0.25, -0.2) is 0 Å². The van der Waals surface area contributed by atoms with Gasteiger partial charge in [0.1, 0.15) is 0 Å². The number of hydrogen-bond acceptors (Lipinski definition) is 2. The van der Waals surface area contributed by atoms with Gasteiger partial charge in [0.25, 0.3) is 0 Å². The highest BCUT2D eigenvalue weighted by molar-refractivity contribution is 9.10. The molecule has 2 nitrogen and oxygen atoms in total. The number of rotatable bonds is 4. The molecule has 0 aliphatic heterocycles. The van der Waals surface area contributed by atoms with Gasteiger partial charge in [-0.1, -0.05) is 40.2 Å². The summed E-state index contributed by atoms with van der Waals surface area (Å²) in [4.78, 5) is 0. The predicted molar refractivity (Wildman–Crippen MR) is 91.1 cm³/mol. The minimum atomic E-state index is 0.151. The van der Waals surface area contributed by atoms with Crippen molar-refractivity contribution in [3.05, 3.63) is 68.7 Å². The van der Waals surface area contributed by atoms with Gasteiger partial charge in [0, 0.05) is 4.47 Å². The van der Waals surface area contributed by atoms with Crippen LogP contribution >= 0.6 is 15.9 Å². The molecule has 2 aromatic carbocycles. The second-order valence-electron chi connectivity index (χ2n) is 5.88. The number of nitrogens with one attached hydrogen (secondary N) is 1. The summed E-state index contributed by atoms with van der Waals surface area (Å²) in [6.07, 6.45) is 4.68. The van der Waals surface area contributed by atoms with Crippen molar-refractivity contribution in [2.24, 2.45) is 5.84 Å². The number of hydrazine groups is 1. The molecule has 0 aromatic heterocycles. The van der Waals surface area contributed by atoms with Crippen molar-refractivity contribution in [3.63, 3.8) is 0 Å². The number of hydrogen-bond donors (Lipinski definition) is 2. The van der Waals surface area contributed by atoms with E-state index >= 15 is 0 Å². The second kappa shape index (κ2) is 6.30. The van der Waals surface area contributed by atoms with E-state index in [2.05, 4.69) is 64.7 Å². The van der Waals surface area contributed by atoms with Crippen LogP contribution in [0.4, 0.5) is 0 Å². The van der Waals surface area contributed by atoms with E-state index in [1.807, 2.05) is 0 Å². The molecule has 3 heteroatoms. The number of fused-ring (bicyclic) bond motifs is 1. The zero-order chi connectivity index (χ0) is 14.8. The maximum absolute atomic E-state index is 5.81. The minimum Gasteiger partial charge on any atom is -0.271 e. The second-order valence-corrected chi connectivity index (χ2v) is 6.80. The van der Waals surface area contributed by atoms with Gasteiger partial charge in [0.2, 0.25) is 0 Å². The summed E-state index contributed by atoms with van der Waals surface area (Å²) in [7, 11) is 0. The summed E-state index contributed by atoms with van der Waals surface area (Å²) in [5.74, 6) is 5.81. The third kappa shape index (κ3) is 3.20. The van der Waals surface area contributed by atoms with Crippen LogP contribution in [0.25, 0.3) is 0 Å². The topological polar surface area (TPSA) is 38.0 Å². The molecule has 0 amide bonds. The maximum Gasteiger partial charge on any atom is 0.0502 e. The Morgan fingerprint density at radius 3 is 2.71 bits per heavy atom. The lowest BCUT2D eigenvalue weighted by Crippen LogP contribution is -2.30. The third-order valence-electron chi connectivity index (χ3n) is 4.41. The third-order valence-corrected chi connectivity index (χ3v) is 4.90. The zero-order valence-corrected chi connectivity index (χ0v) is 13.9. The fourth-order valence-electron chi connectivity index (χ4n) is 3.28. The smallest absolute Gasteiger partial charge is 0.0502 e. The minimum absolute atomic E-state index is 0.151. The quantitative estimate of drug-likeness (QED) is 0.649. The van der Waals surface area contributed by atoms with Crippen LogP contribution in [-0.2, 0) is 19.3 Å². The summed E-state index contributed by atoms with van der Waals surface area (Å²) >= 11 is 3.52. The summed E-state index contributed by atoms with van der Waals surface area (Å²) in [5.41, 5.74) is 9.91. The molecule has 3 rings (SSSR count). The van der Waals surface area contributed by atoms with Gasteiger partial charge in [-0.2, -0.15) is 0 Å². The van der Waals surface area contributed by atoms with E-state index < -0.39 is 0 Å². The van der Waals surface area contributed by atoms with E-state index in [0.29, 0.717) is 0 Å². The molecule has 3 N–H and O–H groups in total. The average Bonchev–Trinajstić information content (AvgIpc) is 2.93. The van der Waals surface area contributed by atoms with E-state index in [4.69, 9.17) is 5.84 Å². The van der Waals surface area contributed by atoms with E-state index in [0.717, 1.165) is 10.9 Å². The molecule has 0 heterocycles. The molecule has 0 spiro atoms. The highest BCUT2D eigenvalue weighted by Crippen LogP contribution is 2.27. The highest BCUT2D eigenvalue weighted by atomic mass is 79.9. The van der Waals surface area contributed by atoms with E-state index in [-0.39, 0.29) is 6.04 Å². The first-order valence-corrected chi connectivity index (χ1v) is 8.29. The molecule has 110 valence electrons. The summed E-state index contributed by atoms with van der Waals surface area (Å²) in [6.45, 7) is 2.13. The molecule has 0 radical (unpaired) electrons. The molecule has 2 aromatic rings. The average molecular weight is 345 g/mol. The first-order chi connectivity index (χ1) is 10.2. The summed E-state index contributed by atoms with van der Waals surface area (Å²) < 4.78 is 1.11. The predicted octanol–water partition coefficient (Wildman–Crippen LogP) is 3.99.